The normalized spacial score (nSPS) is 23.5. The molecule has 0 spiro atoms. The zero-order valence-corrected chi connectivity index (χ0v) is 16.9. The number of rotatable bonds is 5. The maximum atomic E-state index is 13.0. The molecule has 0 radical (unpaired) electrons. The number of halogens is 1. The van der Waals surface area contributed by atoms with Crippen LogP contribution in [-0.4, -0.2) is 58.1 Å². The highest BCUT2D eigenvalue weighted by molar-refractivity contribution is 7.89. The first-order valence-corrected chi connectivity index (χ1v) is 10.2. The van der Waals surface area contributed by atoms with Crippen molar-refractivity contribution < 1.29 is 22.7 Å². The Morgan fingerprint density at radius 3 is 2.59 bits per heavy atom. The molecule has 2 atom stereocenters. The van der Waals surface area contributed by atoms with E-state index in [0.29, 0.717) is 38.4 Å². The quantitative estimate of drug-likeness (QED) is 0.741. The second-order valence-electron chi connectivity index (χ2n) is 6.64. The van der Waals surface area contributed by atoms with Crippen molar-refractivity contribution in [3.63, 3.8) is 0 Å². The summed E-state index contributed by atoms with van der Waals surface area (Å²) >= 11 is 0. The van der Waals surface area contributed by atoms with E-state index in [0.717, 1.165) is 12.8 Å². The van der Waals surface area contributed by atoms with Crippen LogP contribution >= 0.6 is 12.4 Å². The summed E-state index contributed by atoms with van der Waals surface area (Å²) in [6.45, 7) is 1.31. The number of carbonyl (C=O) groups is 1. The van der Waals surface area contributed by atoms with Crippen molar-refractivity contribution in [3.05, 3.63) is 18.2 Å². The second-order valence-corrected chi connectivity index (χ2v) is 8.55. The number of carbonyl (C=O) groups excluding carboxylic acids is 1. The minimum absolute atomic E-state index is 0. The zero-order chi connectivity index (χ0) is 18.7. The molecule has 3 N–H and O–H groups in total. The minimum Gasteiger partial charge on any atom is -0.495 e. The second kappa shape index (κ2) is 9.20. The number of benzene rings is 1. The largest absolute Gasteiger partial charge is 0.495 e. The molecular weight excluding hydrogens is 394 g/mol. The summed E-state index contributed by atoms with van der Waals surface area (Å²) in [6.07, 6.45) is 2.24. The van der Waals surface area contributed by atoms with E-state index in [1.54, 1.807) is 12.1 Å². The van der Waals surface area contributed by atoms with Crippen LogP contribution in [0.25, 0.3) is 0 Å². The summed E-state index contributed by atoms with van der Waals surface area (Å²) in [7, 11) is -2.31. The highest BCUT2D eigenvalue weighted by Gasteiger charge is 2.31. The molecule has 27 heavy (non-hydrogen) atoms. The Kier molecular flexibility index (Phi) is 7.47. The van der Waals surface area contributed by atoms with Gasteiger partial charge in [-0.3, -0.25) is 4.79 Å². The smallest absolute Gasteiger partial charge is 0.246 e. The molecule has 2 fully saturated rings. The Hall–Kier alpha value is -1.39. The Morgan fingerprint density at radius 2 is 2.00 bits per heavy atom. The molecular formula is C17H26ClN3O5S. The third-order valence-electron chi connectivity index (χ3n) is 4.86. The highest BCUT2D eigenvalue weighted by Crippen LogP contribution is 2.31. The van der Waals surface area contributed by atoms with Crippen LogP contribution in [0.5, 0.6) is 5.75 Å². The summed E-state index contributed by atoms with van der Waals surface area (Å²) in [5.74, 6) is -0.0124. The van der Waals surface area contributed by atoms with Crippen LogP contribution in [0, 0.1) is 5.92 Å². The monoisotopic (exact) mass is 419 g/mol. The van der Waals surface area contributed by atoms with Gasteiger partial charge in [-0.2, -0.15) is 4.31 Å². The van der Waals surface area contributed by atoms with E-state index in [1.165, 1.54) is 17.5 Å². The first kappa shape index (κ1) is 21.9. The summed E-state index contributed by atoms with van der Waals surface area (Å²) in [4.78, 5) is 12.4. The number of hydrogen-bond donors (Lipinski definition) is 2. The fourth-order valence-electron chi connectivity index (χ4n) is 3.38. The lowest BCUT2D eigenvalue weighted by molar-refractivity contribution is -0.119. The maximum Gasteiger partial charge on any atom is 0.246 e. The van der Waals surface area contributed by atoms with Crippen molar-refractivity contribution in [2.45, 2.75) is 30.2 Å². The summed E-state index contributed by atoms with van der Waals surface area (Å²) < 4.78 is 37.8. The van der Waals surface area contributed by atoms with Gasteiger partial charge >= 0.3 is 0 Å². The van der Waals surface area contributed by atoms with Crippen LogP contribution in [0.1, 0.15) is 19.3 Å². The number of nitrogens with zero attached hydrogens (tertiary/aromatic N) is 1. The van der Waals surface area contributed by atoms with Crippen molar-refractivity contribution in [2.24, 2.45) is 11.7 Å². The molecule has 1 aliphatic heterocycles. The topological polar surface area (TPSA) is 111 Å². The van der Waals surface area contributed by atoms with Crippen molar-refractivity contribution >= 4 is 34.0 Å². The lowest BCUT2D eigenvalue weighted by atomic mass is 10.1. The van der Waals surface area contributed by atoms with Gasteiger partial charge in [-0.15, -0.1) is 12.4 Å². The van der Waals surface area contributed by atoms with Gasteiger partial charge in [0.15, 0.2) is 0 Å². The van der Waals surface area contributed by atoms with E-state index in [9.17, 15) is 13.2 Å². The van der Waals surface area contributed by atoms with Gasteiger partial charge in [0.1, 0.15) is 10.6 Å². The van der Waals surface area contributed by atoms with Crippen molar-refractivity contribution in [1.82, 2.24) is 4.31 Å². The predicted octanol–water partition coefficient (Wildman–Crippen LogP) is 1.20. The Labute approximate surface area is 165 Å². The summed E-state index contributed by atoms with van der Waals surface area (Å²) in [6, 6.07) is 4.71. The molecule has 3 rings (SSSR count). The lowest BCUT2D eigenvalue weighted by Crippen LogP contribution is -2.40. The van der Waals surface area contributed by atoms with Crippen molar-refractivity contribution in [3.8, 4) is 5.75 Å². The molecule has 152 valence electrons. The molecule has 1 saturated carbocycles. The molecule has 1 heterocycles. The molecule has 1 aromatic carbocycles. The SMILES string of the molecule is COc1ccc(NC(=O)C2CCC(N)C2)cc1S(=O)(=O)N1CCOCC1.Cl. The minimum atomic E-state index is -3.73. The van der Waals surface area contributed by atoms with Gasteiger partial charge in [0.25, 0.3) is 0 Å². The molecule has 1 amide bonds. The van der Waals surface area contributed by atoms with E-state index < -0.39 is 10.0 Å². The molecule has 1 saturated heterocycles. The van der Waals surface area contributed by atoms with E-state index >= 15 is 0 Å². The number of anilines is 1. The fourth-order valence-corrected chi connectivity index (χ4v) is 4.97. The fraction of sp³-hybridized carbons (Fsp3) is 0.588. The van der Waals surface area contributed by atoms with Gasteiger partial charge in [-0.25, -0.2) is 8.42 Å². The average molecular weight is 420 g/mol. The molecule has 0 bridgehead atoms. The van der Waals surface area contributed by atoms with Crippen LogP contribution in [0.2, 0.25) is 0 Å². The van der Waals surface area contributed by atoms with Gasteiger partial charge < -0.3 is 20.5 Å². The Bertz CT molecular complexity index is 768. The van der Waals surface area contributed by atoms with Gasteiger partial charge in [-0.05, 0) is 37.5 Å². The standard InChI is InChI=1S/C17H25N3O5S.ClH/c1-24-15-5-4-14(19-17(21)12-2-3-13(18)10-12)11-16(15)26(22,23)20-6-8-25-9-7-20;/h4-5,11-13H,2-3,6-10,18H2,1H3,(H,19,21);1H. The average Bonchev–Trinajstić information content (AvgIpc) is 3.09. The molecule has 2 aliphatic rings. The van der Waals surface area contributed by atoms with Gasteiger partial charge in [0, 0.05) is 30.7 Å². The van der Waals surface area contributed by atoms with Crippen LogP contribution in [0.3, 0.4) is 0 Å². The summed E-state index contributed by atoms with van der Waals surface area (Å²) in [5.41, 5.74) is 6.30. The number of amides is 1. The number of sulfonamides is 1. The van der Waals surface area contributed by atoms with Crippen LogP contribution < -0.4 is 15.8 Å². The van der Waals surface area contributed by atoms with Crippen LogP contribution in [0.4, 0.5) is 5.69 Å². The van der Waals surface area contributed by atoms with Gasteiger partial charge in [0.05, 0.1) is 20.3 Å². The van der Waals surface area contributed by atoms with E-state index in [4.69, 9.17) is 15.2 Å². The third kappa shape index (κ3) is 4.91. The zero-order valence-electron chi connectivity index (χ0n) is 15.2. The molecule has 0 aromatic heterocycles. The number of ether oxygens (including phenoxy) is 2. The first-order valence-electron chi connectivity index (χ1n) is 8.74. The number of methoxy groups -OCH3 is 1. The third-order valence-corrected chi connectivity index (χ3v) is 6.78. The van der Waals surface area contributed by atoms with Crippen molar-refractivity contribution in [1.29, 1.82) is 0 Å². The van der Waals surface area contributed by atoms with Crippen LogP contribution in [-0.2, 0) is 19.6 Å². The van der Waals surface area contributed by atoms with E-state index in [-0.39, 0.29) is 40.9 Å². The Morgan fingerprint density at radius 1 is 1.30 bits per heavy atom. The van der Waals surface area contributed by atoms with Crippen LogP contribution in [0.15, 0.2) is 23.1 Å². The first-order chi connectivity index (χ1) is 12.4. The lowest BCUT2D eigenvalue weighted by Gasteiger charge is -2.27. The van der Waals surface area contributed by atoms with Crippen molar-refractivity contribution in [2.75, 3.05) is 38.7 Å². The number of hydrogen-bond acceptors (Lipinski definition) is 6. The highest BCUT2D eigenvalue weighted by atomic mass is 35.5. The predicted molar refractivity (Wildman–Crippen MR) is 104 cm³/mol. The molecule has 8 nitrogen and oxygen atoms in total. The molecule has 1 aromatic rings. The maximum absolute atomic E-state index is 13.0. The molecule has 2 unspecified atom stereocenters. The number of nitrogens with two attached hydrogens (primary N) is 1. The van der Waals surface area contributed by atoms with E-state index in [2.05, 4.69) is 5.32 Å². The molecule has 1 aliphatic carbocycles. The number of nitrogens with one attached hydrogen (secondary N) is 1. The van der Waals surface area contributed by atoms with Gasteiger partial charge in [-0.1, -0.05) is 0 Å². The molecule has 10 heteroatoms. The number of morpholine rings is 1. The Balaban J connectivity index is 0.00000261. The van der Waals surface area contributed by atoms with E-state index in [1.807, 2.05) is 0 Å². The van der Waals surface area contributed by atoms with Gasteiger partial charge in [0.2, 0.25) is 15.9 Å². The summed E-state index contributed by atoms with van der Waals surface area (Å²) in [5, 5.41) is 2.81.